The van der Waals surface area contributed by atoms with Gasteiger partial charge in [0, 0.05) is 28.0 Å². The predicted octanol–water partition coefficient (Wildman–Crippen LogP) is 6.09. The molecule has 0 unspecified atom stereocenters. The lowest BCUT2D eigenvalue weighted by Gasteiger charge is -2.30. The molecule has 4 rings (SSSR count). The molecular weight excluding hydrogens is 423 g/mol. The summed E-state index contributed by atoms with van der Waals surface area (Å²) < 4.78 is 39.9. The predicted molar refractivity (Wildman–Crippen MR) is 118 cm³/mol. The van der Waals surface area contributed by atoms with Gasteiger partial charge in [-0.05, 0) is 63.3 Å². The molecule has 1 fully saturated rings. The second-order valence-electron chi connectivity index (χ2n) is 8.09. The second-order valence-corrected chi connectivity index (χ2v) is 9.34. The van der Waals surface area contributed by atoms with Gasteiger partial charge in [-0.1, -0.05) is 18.2 Å². The van der Waals surface area contributed by atoms with E-state index in [-0.39, 0.29) is 18.0 Å². The van der Waals surface area contributed by atoms with E-state index in [1.165, 1.54) is 11.3 Å². The van der Waals surface area contributed by atoms with Crippen LogP contribution in [0.1, 0.15) is 51.5 Å². The fourth-order valence-corrected chi connectivity index (χ4v) is 4.92. The van der Waals surface area contributed by atoms with Gasteiger partial charge in [-0.2, -0.15) is 13.2 Å². The Balaban J connectivity index is 1.42. The number of carbonyl (C=O) groups is 1. The molecule has 0 aliphatic heterocycles. The minimum absolute atomic E-state index is 0.0475. The maximum atomic E-state index is 13.3. The van der Waals surface area contributed by atoms with Crippen LogP contribution in [0.25, 0.3) is 10.9 Å². The average Bonchev–Trinajstić information content (AvgIpc) is 3.07. The maximum absolute atomic E-state index is 13.3. The van der Waals surface area contributed by atoms with Crippen LogP contribution in [-0.4, -0.2) is 23.0 Å². The number of para-hydroxylation sites is 1. The van der Waals surface area contributed by atoms with Crippen LogP contribution in [0.5, 0.6) is 0 Å². The lowest BCUT2D eigenvalue weighted by atomic mass is 9.90. The number of aromatic nitrogens is 1. The van der Waals surface area contributed by atoms with Gasteiger partial charge >= 0.3 is 6.18 Å². The lowest BCUT2D eigenvalue weighted by molar-refractivity contribution is -0.140. The lowest BCUT2D eigenvalue weighted by Crippen LogP contribution is -2.40. The summed E-state index contributed by atoms with van der Waals surface area (Å²) in [6.45, 7) is 3.99. The third-order valence-corrected chi connectivity index (χ3v) is 6.97. The summed E-state index contributed by atoms with van der Waals surface area (Å²) in [5.74, 6) is -0.0486. The van der Waals surface area contributed by atoms with Crippen molar-refractivity contribution < 1.29 is 18.0 Å². The molecule has 3 aromatic rings. The van der Waals surface area contributed by atoms with Crippen LogP contribution in [0.4, 0.5) is 18.9 Å². The number of aryl methyl sites for hydroxylation is 2. The zero-order valence-electron chi connectivity index (χ0n) is 17.3. The molecule has 0 bridgehead atoms. The van der Waals surface area contributed by atoms with E-state index in [2.05, 4.69) is 15.6 Å². The number of hydrogen-bond acceptors (Lipinski definition) is 4. The van der Waals surface area contributed by atoms with E-state index in [9.17, 15) is 18.0 Å². The Morgan fingerprint density at radius 3 is 2.39 bits per heavy atom. The highest BCUT2D eigenvalue weighted by atomic mass is 32.1. The van der Waals surface area contributed by atoms with Crippen molar-refractivity contribution in [2.24, 2.45) is 0 Å². The van der Waals surface area contributed by atoms with Crippen LogP contribution in [0.15, 0.2) is 36.4 Å². The molecule has 1 aliphatic rings. The Kier molecular flexibility index (Phi) is 5.92. The molecule has 164 valence electrons. The van der Waals surface area contributed by atoms with Gasteiger partial charge in [0.2, 0.25) is 0 Å². The fraction of sp³-hybridized carbons (Fsp3) is 0.391. The Morgan fingerprint density at radius 1 is 1.06 bits per heavy atom. The molecule has 2 N–H and O–H groups in total. The van der Waals surface area contributed by atoms with Crippen molar-refractivity contribution in [3.05, 3.63) is 57.4 Å². The van der Waals surface area contributed by atoms with E-state index in [1.54, 1.807) is 24.3 Å². The third kappa shape index (κ3) is 4.84. The average molecular weight is 448 g/mol. The van der Waals surface area contributed by atoms with Gasteiger partial charge in [0.1, 0.15) is 5.69 Å². The summed E-state index contributed by atoms with van der Waals surface area (Å²) in [7, 11) is 0. The first-order chi connectivity index (χ1) is 14.7. The SMILES string of the molecule is Cc1cc(C(=O)N[C@H]2CC[C@@H](Nc3cc(C(F)(F)F)nc4ccccc34)CC2)sc1C. The van der Waals surface area contributed by atoms with E-state index in [4.69, 9.17) is 0 Å². The number of pyridine rings is 1. The van der Waals surface area contributed by atoms with Gasteiger partial charge in [-0.25, -0.2) is 4.98 Å². The number of carbonyl (C=O) groups excluding carboxylic acids is 1. The van der Waals surface area contributed by atoms with E-state index in [0.29, 0.717) is 16.6 Å². The minimum Gasteiger partial charge on any atom is -0.382 e. The maximum Gasteiger partial charge on any atom is 0.433 e. The third-order valence-electron chi connectivity index (χ3n) is 5.82. The molecule has 0 saturated heterocycles. The van der Waals surface area contributed by atoms with Crippen LogP contribution >= 0.6 is 11.3 Å². The number of halogens is 3. The van der Waals surface area contributed by atoms with Crippen molar-refractivity contribution in [2.45, 2.75) is 57.8 Å². The number of benzene rings is 1. The Hall–Kier alpha value is -2.61. The van der Waals surface area contributed by atoms with Crippen LogP contribution in [-0.2, 0) is 6.18 Å². The zero-order chi connectivity index (χ0) is 22.2. The molecule has 31 heavy (non-hydrogen) atoms. The number of anilines is 1. The van der Waals surface area contributed by atoms with Crippen molar-refractivity contribution in [3.63, 3.8) is 0 Å². The largest absolute Gasteiger partial charge is 0.433 e. The quantitative estimate of drug-likeness (QED) is 0.509. The van der Waals surface area contributed by atoms with Crippen LogP contribution in [0.2, 0.25) is 0 Å². The summed E-state index contributed by atoms with van der Waals surface area (Å²) in [4.78, 5) is 18.1. The van der Waals surface area contributed by atoms with Gasteiger partial charge in [-0.3, -0.25) is 4.79 Å². The first-order valence-electron chi connectivity index (χ1n) is 10.3. The smallest absolute Gasteiger partial charge is 0.382 e. The Labute approximate surface area is 182 Å². The highest BCUT2D eigenvalue weighted by molar-refractivity contribution is 7.14. The van der Waals surface area contributed by atoms with Gasteiger partial charge in [-0.15, -0.1) is 11.3 Å². The number of rotatable bonds is 4. The number of fused-ring (bicyclic) bond motifs is 1. The number of hydrogen-bond donors (Lipinski definition) is 2. The molecule has 0 radical (unpaired) electrons. The van der Waals surface area contributed by atoms with Gasteiger partial charge in [0.05, 0.1) is 10.4 Å². The van der Waals surface area contributed by atoms with E-state index >= 15 is 0 Å². The molecule has 0 spiro atoms. The number of amides is 1. The number of nitrogens with zero attached hydrogens (tertiary/aromatic N) is 1. The Morgan fingerprint density at radius 2 is 1.74 bits per heavy atom. The monoisotopic (exact) mass is 447 g/mol. The number of alkyl halides is 3. The molecule has 0 atom stereocenters. The molecular formula is C23H24F3N3OS. The number of nitrogens with one attached hydrogen (secondary N) is 2. The summed E-state index contributed by atoms with van der Waals surface area (Å²) in [5.41, 5.74) is 0.999. The molecule has 2 aromatic heterocycles. The fourth-order valence-electron chi connectivity index (χ4n) is 3.98. The highest BCUT2D eigenvalue weighted by Crippen LogP contribution is 2.34. The normalized spacial score (nSPS) is 19.4. The molecule has 8 heteroatoms. The van der Waals surface area contributed by atoms with Gasteiger partial charge in [0.15, 0.2) is 0 Å². The topological polar surface area (TPSA) is 54.0 Å². The minimum atomic E-state index is -4.50. The van der Waals surface area contributed by atoms with E-state index < -0.39 is 11.9 Å². The van der Waals surface area contributed by atoms with E-state index in [0.717, 1.165) is 47.1 Å². The first kappa shape index (κ1) is 21.6. The Bertz CT molecular complexity index is 1080. The van der Waals surface area contributed by atoms with Crippen molar-refractivity contribution in [1.29, 1.82) is 0 Å². The summed E-state index contributed by atoms with van der Waals surface area (Å²) in [6, 6.07) is 9.98. The molecule has 4 nitrogen and oxygen atoms in total. The van der Waals surface area contributed by atoms with Crippen LogP contribution in [0, 0.1) is 13.8 Å². The van der Waals surface area contributed by atoms with Crippen LogP contribution < -0.4 is 10.6 Å². The molecule has 1 aromatic carbocycles. The first-order valence-corrected chi connectivity index (χ1v) is 11.1. The standard InChI is InChI=1S/C23H24F3N3OS/c1-13-11-20(31-14(13)2)22(30)28-16-9-7-15(8-10-16)27-19-12-21(23(24,25)26)29-18-6-4-3-5-17(18)19/h3-6,11-12,15-16H,7-10H2,1-2H3,(H,27,29)(H,28,30)/t15-,16+. The van der Waals surface area contributed by atoms with Gasteiger partial charge in [0.25, 0.3) is 5.91 Å². The van der Waals surface area contributed by atoms with Crippen LogP contribution in [0.3, 0.4) is 0 Å². The molecule has 1 aliphatic carbocycles. The summed E-state index contributed by atoms with van der Waals surface area (Å²) in [5, 5.41) is 7.08. The molecule has 2 heterocycles. The van der Waals surface area contributed by atoms with Gasteiger partial charge < -0.3 is 10.6 Å². The molecule has 1 amide bonds. The van der Waals surface area contributed by atoms with E-state index in [1.807, 2.05) is 19.9 Å². The zero-order valence-corrected chi connectivity index (χ0v) is 18.2. The van der Waals surface area contributed by atoms with Crippen molar-refractivity contribution in [3.8, 4) is 0 Å². The van der Waals surface area contributed by atoms with Crippen molar-refractivity contribution >= 4 is 33.8 Å². The second kappa shape index (κ2) is 8.49. The number of thiophene rings is 1. The van der Waals surface area contributed by atoms with Crippen molar-refractivity contribution in [1.82, 2.24) is 10.3 Å². The molecule has 1 saturated carbocycles. The van der Waals surface area contributed by atoms with Crippen molar-refractivity contribution in [2.75, 3.05) is 5.32 Å². The highest BCUT2D eigenvalue weighted by Gasteiger charge is 2.34. The summed E-state index contributed by atoms with van der Waals surface area (Å²) in [6.07, 6.45) is -1.40. The summed E-state index contributed by atoms with van der Waals surface area (Å²) >= 11 is 1.50.